The molecule has 1 fully saturated rings. The maximum atomic E-state index is 12.5. The van der Waals surface area contributed by atoms with Crippen molar-refractivity contribution in [2.45, 2.75) is 24.1 Å². The van der Waals surface area contributed by atoms with Crippen LogP contribution in [0.25, 0.3) is 0 Å². The van der Waals surface area contributed by atoms with Gasteiger partial charge in [0.25, 0.3) is 0 Å². The zero-order valence-electron chi connectivity index (χ0n) is 12.5. The number of amides is 1. The first-order chi connectivity index (χ1) is 10.8. The van der Waals surface area contributed by atoms with E-state index >= 15 is 0 Å². The predicted octanol–water partition coefficient (Wildman–Crippen LogP) is 4.37. The lowest BCUT2D eigenvalue weighted by molar-refractivity contribution is -0.132. The second-order valence-corrected chi connectivity index (χ2v) is 6.22. The first-order valence-corrected chi connectivity index (χ1v) is 8.22. The minimum atomic E-state index is -0.575. The highest BCUT2D eigenvalue weighted by Crippen LogP contribution is 2.30. The highest BCUT2D eigenvalue weighted by molar-refractivity contribution is 6.30. The van der Waals surface area contributed by atoms with Gasteiger partial charge in [-0.2, -0.15) is 0 Å². The molecule has 0 radical (unpaired) electrons. The number of halogens is 1. The minimum Gasteiger partial charge on any atom is -0.341 e. The monoisotopic (exact) mass is 313 g/mol. The summed E-state index contributed by atoms with van der Waals surface area (Å²) in [6.07, 6.45) is 2.02. The van der Waals surface area contributed by atoms with Crippen LogP contribution in [0.4, 0.5) is 0 Å². The Balaban J connectivity index is 1.60. The van der Waals surface area contributed by atoms with Crippen molar-refractivity contribution < 1.29 is 4.79 Å². The van der Waals surface area contributed by atoms with Gasteiger partial charge in [-0.25, -0.2) is 0 Å². The molecule has 0 N–H and O–H groups in total. The van der Waals surface area contributed by atoms with E-state index in [0.717, 1.165) is 31.5 Å². The zero-order valence-corrected chi connectivity index (χ0v) is 13.2. The molecule has 0 aromatic heterocycles. The molecule has 2 nitrogen and oxygen atoms in total. The summed E-state index contributed by atoms with van der Waals surface area (Å²) in [7, 11) is 0. The molecule has 0 spiro atoms. The Bertz CT molecular complexity index is 606. The van der Waals surface area contributed by atoms with Crippen molar-refractivity contribution in [2.24, 2.45) is 0 Å². The first-order valence-electron chi connectivity index (χ1n) is 7.78. The van der Waals surface area contributed by atoms with E-state index in [9.17, 15) is 4.79 Å². The second kappa shape index (κ2) is 6.97. The van der Waals surface area contributed by atoms with Gasteiger partial charge in [0.15, 0.2) is 0 Å². The molecule has 2 aromatic carbocycles. The number of hydrogen-bond acceptors (Lipinski definition) is 1. The van der Waals surface area contributed by atoms with Crippen LogP contribution in [-0.4, -0.2) is 23.9 Å². The van der Waals surface area contributed by atoms with E-state index in [4.69, 9.17) is 11.6 Å². The van der Waals surface area contributed by atoms with E-state index < -0.39 is 5.38 Å². The highest BCUT2D eigenvalue weighted by atomic mass is 35.5. The zero-order chi connectivity index (χ0) is 15.4. The van der Waals surface area contributed by atoms with E-state index in [2.05, 4.69) is 24.3 Å². The Morgan fingerprint density at radius 3 is 2.09 bits per heavy atom. The summed E-state index contributed by atoms with van der Waals surface area (Å²) >= 11 is 6.35. The maximum absolute atomic E-state index is 12.5. The molecule has 1 aliphatic rings. The van der Waals surface area contributed by atoms with Crippen molar-refractivity contribution in [1.82, 2.24) is 4.90 Å². The van der Waals surface area contributed by atoms with E-state index in [0.29, 0.717) is 5.92 Å². The van der Waals surface area contributed by atoms with Gasteiger partial charge >= 0.3 is 0 Å². The molecule has 3 heteroatoms. The molecular formula is C19H20ClNO. The normalized spacial score (nSPS) is 17.2. The topological polar surface area (TPSA) is 20.3 Å². The highest BCUT2D eigenvalue weighted by Gasteiger charge is 2.28. The molecule has 1 unspecified atom stereocenters. The Morgan fingerprint density at radius 2 is 1.50 bits per heavy atom. The first kappa shape index (κ1) is 15.1. The van der Waals surface area contributed by atoms with Crippen LogP contribution < -0.4 is 0 Å². The van der Waals surface area contributed by atoms with Crippen molar-refractivity contribution in [3.05, 3.63) is 71.8 Å². The van der Waals surface area contributed by atoms with Crippen LogP contribution in [0.15, 0.2) is 60.7 Å². The van der Waals surface area contributed by atoms with E-state index in [-0.39, 0.29) is 5.91 Å². The molecule has 0 aliphatic carbocycles. The largest absolute Gasteiger partial charge is 0.341 e. The van der Waals surface area contributed by atoms with Crippen molar-refractivity contribution >= 4 is 17.5 Å². The summed E-state index contributed by atoms with van der Waals surface area (Å²) in [6.45, 7) is 1.57. The van der Waals surface area contributed by atoms with Crippen LogP contribution in [0.3, 0.4) is 0 Å². The average molecular weight is 314 g/mol. The number of hydrogen-bond donors (Lipinski definition) is 0. The van der Waals surface area contributed by atoms with Crippen molar-refractivity contribution in [3.63, 3.8) is 0 Å². The second-order valence-electron chi connectivity index (χ2n) is 5.78. The number of nitrogens with zero attached hydrogens (tertiary/aromatic N) is 1. The molecule has 3 rings (SSSR count). The number of rotatable bonds is 3. The fraction of sp³-hybridized carbons (Fsp3) is 0.316. The molecule has 114 valence electrons. The van der Waals surface area contributed by atoms with Gasteiger partial charge in [0, 0.05) is 13.1 Å². The molecule has 0 bridgehead atoms. The van der Waals surface area contributed by atoms with Crippen LogP contribution in [0.5, 0.6) is 0 Å². The lowest BCUT2D eigenvalue weighted by Crippen LogP contribution is -2.39. The van der Waals surface area contributed by atoms with Gasteiger partial charge in [-0.1, -0.05) is 60.7 Å². The lowest BCUT2D eigenvalue weighted by atomic mass is 9.89. The minimum absolute atomic E-state index is 0.0272. The summed E-state index contributed by atoms with van der Waals surface area (Å²) in [6, 6.07) is 20.1. The number of alkyl halides is 1. The Labute approximate surface area is 136 Å². The van der Waals surface area contributed by atoms with Crippen molar-refractivity contribution in [3.8, 4) is 0 Å². The Morgan fingerprint density at radius 1 is 0.955 bits per heavy atom. The van der Waals surface area contributed by atoms with E-state index in [1.807, 2.05) is 41.3 Å². The third kappa shape index (κ3) is 3.33. The van der Waals surface area contributed by atoms with Crippen LogP contribution in [0.1, 0.15) is 35.3 Å². The molecule has 2 aromatic rings. The molecule has 0 saturated carbocycles. The third-order valence-corrected chi connectivity index (χ3v) is 4.83. The van der Waals surface area contributed by atoms with Crippen LogP contribution in [0.2, 0.25) is 0 Å². The molecular weight excluding hydrogens is 294 g/mol. The number of benzene rings is 2. The average Bonchev–Trinajstić information content (AvgIpc) is 2.62. The number of likely N-dealkylation sites (tertiary alicyclic amines) is 1. The molecule has 1 atom stereocenters. The fourth-order valence-electron chi connectivity index (χ4n) is 3.08. The van der Waals surface area contributed by atoms with Gasteiger partial charge in [-0.05, 0) is 29.9 Å². The van der Waals surface area contributed by atoms with Gasteiger partial charge in [-0.15, -0.1) is 11.6 Å². The van der Waals surface area contributed by atoms with Crippen LogP contribution in [0, 0.1) is 0 Å². The predicted molar refractivity (Wildman–Crippen MR) is 90.0 cm³/mol. The van der Waals surface area contributed by atoms with Crippen molar-refractivity contribution in [2.75, 3.05) is 13.1 Å². The quantitative estimate of drug-likeness (QED) is 0.770. The third-order valence-electron chi connectivity index (χ3n) is 4.39. The van der Waals surface area contributed by atoms with Gasteiger partial charge in [0.1, 0.15) is 5.38 Å². The van der Waals surface area contributed by atoms with Gasteiger partial charge in [-0.3, -0.25) is 4.79 Å². The summed E-state index contributed by atoms with van der Waals surface area (Å²) in [5.41, 5.74) is 2.25. The summed E-state index contributed by atoms with van der Waals surface area (Å²) in [5.74, 6) is 0.579. The number of carbonyl (C=O) groups is 1. The molecule has 1 saturated heterocycles. The molecule has 1 heterocycles. The van der Waals surface area contributed by atoms with E-state index in [1.165, 1.54) is 5.56 Å². The molecule has 1 amide bonds. The van der Waals surface area contributed by atoms with Gasteiger partial charge in [0.05, 0.1) is 0 Å². The van der Waals surface area contributed by atoms with Crippen molar-refractivity contribution in [1.29, 1.82) is 0 Å². The van der Waals surface area contributed by atoms with Crippen LogP contribution in [-0.2, 0) is 4.79 Å². The summed E-state index contributed by atoms with van der Waals surface area (Å²) in [4.78, 5) is 14.4. The summed E-state index contributed by atoms with van der Waals surface area (Å²) in [5, 5.41) is -0.575. The van der Waals surface area contributed by atoms with E-state index in [1.54, 1.807) is 0 Å². The van der Waals surface area contributed by atoms with Gasteiger partial charge < -0.3 is 4.90 Å². The molecule has 1 aliphatic heterocycles. The maximum Gasteiger partial charge on any atom is 0.245 e. The van der Waals surface area contributed by atoms with Crippen LogP contribution >= 0.6 is 11.6 Å². The van der Waals surface area contributed by atoms with Gasteiger partial charge in [0.2, 0.25) is 5.91 Å². The Kier molecular flexibility index (Phi) is 4.79. The Hall–Kier alpha value is -1.80. The standard InChI is InChI=1S/C19H20ClNO/c20-18(17-9-5-2-6-10-17)19(22)21-13-11-16(12-14-21)15-7-3-1-4-8-15/h1-10,16,18H,11-14H2. The SMILES string of the molecule is O=C(C(Cl)c1ccccc1)N1CCC(c2ccccc2)CC1. The summed E-state index contributed by atoms with van der Waals surface area (Å²) < 4.78 is 0. The smallest absolute Gasteiger partial charge is 0.245 e. The number of carbonyl (C=O) groups excluding carboxylic acids is 1. The molecule has 22 heavy (non-hydrogen) atoms. The lowest BCUT2D eigenvalue weighted by Gasteiger charge is -2.33. The fourth-order valence-corrected chi connectivity index (χ4v) is 3.37. The number of piperidine rings is 1.